The van der Waals surface area contributed by atoms with Crippen LogP contribution in [0.4, 0.5) is 5.82 Å². The number of nitrogens with two attached hydrogens (primary N) is 1. The molecule has 1 amide bonds. The molecule has 0 bridgehead atoms. The van der Waals surface area contributed by atoms with Crippen LogP contribution in [-0.4, -0.2) is 28.6 Å². The summed E-state index contributed by atoms with van der Waals surface area (Å²) in [5, 5.41) is 12.5. The minimum Gasteiger partial charge on any atom is -0.381 e. The van der Waals surface area contributed by atoms with Gasteiger partial charge in [0, 0.05) is 6.20 Å². The van der Waals surface area contributed by atoms with Crippen molar-refractivity contribution in [3.05, 3.63) is 22.3 Å². The highest BCUT2D eigenvalue weighted by Gasteiger charge is 2.11. The molecule has 7 heteroatoms. The fourth-order valence-corrected chi connectivity index (χ4v) is 1.29. The van der Waals surface area contributed by atoms with Crippen molar-refractivity contribution in [2.24, 2.45) is 5.73 Å². The number of hydrogen-bond donors (Lipinski definition) is 3. The standard InChI is InChI=1S/C8H9Cl2N3O2/c9-4-1-5(10)8(12-2-4)13-3-6(14)7(11)15/h1-2,6,14H,3H2,(H2,11,15)(H,12,13). The Bertz CT molecular complexity index is 373. The topological polar surface area (TPSA) is 88.2 Å². The highest BCUT2D eigenvalue weighted by atomic mass is 35.5. The maximum Gasteiger partial charge on any atom is 0.248 e. The van der Waals surface area contributed by atoms with Crippen molar-refractivity contribution in [3.63, 3.8) is 0 Å². The summed E-state index contributed by atoms with van der Waals surface area (Å²) in [6.45, 7) is -0.0519. The quantitative estimate of drug-likeness (QED) is 0.731. The first-order valence-electron chi connectivity index (χ1n) is 4.03. The summed E-state index contributed by atoms with van der Waals surface area (Å²) >= 11 is 11.4. The van der Waals surface area contributed by atoms with Crippen LogP contribution in [-0.2, 0) is 4.79 Å². The van der Waals surface area contributed by atoms with Gasteiger partial charge in [-0.05, 0) is 6.07 Å². The minimum absolute atomic E-state index is 0.0519. The van der Waals surface area contributed by atoms with Gasteiger partial charge in [0.25, 0.3) is 0 Å². The molecular weight excluding hydrogens is 241 g/mol. The van der Waals surface area contributed by atoms with E-state index in [2.05, 4.69) is 10.3 Å². The second-order valence-corrected chi connectivity index (χ2v) is 3.63. The van der Waals surface area contributed by atoms with Crippen molar-refractivity contribution in [2.45, 2.75) is 6.10 Å². The molecule has 82 valence electrons. The largest absolute Gasteiger partial charge is 0.381 e. The third kappa shape index (κ3) is 3.54. The van der Waals surface area contributed by atoms with Crippen molar-refractivity contribution in [1.29, 1.82) is 0 Å². The molecule has 1 atom stereocenters. The van der Waals surface area contributed by atoms with E-state index in [9.17, 15) is 4.79 Å². The van der Waals surface area contributed by atoms with Crippen LogP contribution in [0.5, 0.6) is 0 Å². The van der Waals surface area contributed by atoms with Crippen molar-refractivity contribution in [3.8, 4) is 0 Å². The van der Waals surface area contributed by atoms with E-state index in [4.69, 9.17) is 34.0 Å². The lowest BCUT2D eigenvalue weighted by molar-refractivity contribution is -0.125. The van der Waals surface area contributed by atoms with Gasteiger partial charge in [0.05, 0.1) is 16.6 Å². The number of nitrogens with one attached hydrogen (secondary N) is 1. The van der Waals surface area contributed by atoms with Crippen LogP contribution in [0, 0.1) is 0 Å². The lowest BCUT2D eigenvalue weighted by Gasteiger charge is -2.09. The molecule has 0 saturated heterocycles. The zero-order valence-electron chi connectivity index (χ0n) is 7.58. The predicted molar refractivity (Wildman–Crippen MR) is 57.9 cm³/mol. The number of halogens is 2. The van der Waals surface area contributed by atoms with Gasteiger partial charge >= 0.3 is 0 Å². The minimum atomic E-state index is -1.28. The van der Waals surface area contributed by atoms with E-state index < -0.39 is 12.0 Å². The van der Waals surface area contributed by atoms with E-state index in [1.807, 2.05) is 0 Å². The molecule has 0 radical (unpaired) electrons. The number of rotatable bonds is 4. The van der Waals surface area contributed by atoms with Gasteiger partial charge in [-0.25, -0.2) is 4.98 Å². The molecular formula is C8H9Cl2N3O2. The van der Waals surface area contributed by atoms with Crippen LogP contribution in [0.25, 0.3) is 0 Å². The predicted octanol–water partition coefficient (Wildman–Crippen LogP) is 0.646. The van der Waals surface area contributed by atoms with Gasteiger partial charge in [-0.1, -0.05) is 23.2 Å². The van der Waals surface area contributed by atoms with E-state index in [0.29, 0.717) is 15.9 Å². The van der Waals surface area contributed by atoms with E-state index in [0.717, 1.165) is 0 Å². The molecule has 5 nitrogen and oxygen atoms in total. The average Bonchev–Trinajstić information content (AvgIpc) is 2.15. The molecule has 0 aromatic carbocycles. The number of aliphatic hydroxyl groups excluding tert-OH is 1. The number of aliphatic hydroxyl groups is 1. The first kappa shape index (κ1) is 12.0. The Hall–Kier alpha value is -1.04. The number of amides is 1. The first-order chi connectivity index (χ1) is 7.00. The van der Waals surface area contributed by atoms with Gasteiger partial charge in [-0.15, -0.1) is 0 Å². The Balaban J connectivity index is 2.62. The molecule has 0 saturated carbocycles. The smallest absolute Gasteiger partial charge is 0.248 e. The first-order valence-corrected chi connectivity index (χ1v) is 4.78. The highest BCUT2D eigenvalue weighted by Crippen LogP contribution is 2.22. The summed E-state index contributed by atoms with van der Waals surface area (Å²) < 4.78 is 0. The van der Waals surface area contributed by atoms with E-state index in [1.165, 1.54) is 12.3 Å². The molecule has 15 heavy (non-hydrogen) atoms. The van der Waals surface area contributed by atoms with Crippen LogP contribution in [0.15, 0.2) is 12.3 Å². The summed E-state index contributed by atoms with van der Waals surface area (Å²) in [4.78, 5) is 14.4. The summed E-state index contributed by atoms with van der Waals surface area (Å²) in [5.74, 6) is -0.478. The Kier molecular flexibility index (Phi) is 4.14. The van der Waals surface area contributed by atoms with Crippen LogP contribution in [0.1, 0.15) is 0 Å². The van der Waals surface area contributed by atoms with Crippen molar-refractivity contribution >= 4 is 34.9 Å². The molecule has 1 rings (SSSR count). The zero-order valence-corrected chi connectivity index (χ0v) is 9.09. The highest BCUT2D eigenvalue weighted by molar-refractivity contribution is 6.35. The third-order valence-corrected chi connectivity index (χ3v) is 2.09. The summed E-state index contributed by atoms with van der Waals surface area (Å²) in [6, 6.07) is 1.50. The van der Waals surface area contributed by atoms with Crippen LogP contribution in [0.3, 0.4) is 0 Å². The number of hydrogen-bond acceptors (Lipinski definition) is 4. The molecule has 0 spiro atoms. The lowest BCUT2D eigenvalue weighted by atomic mass is 10.3. The van der Waals surface area contributed by atoms with Crippen molar-refractivity contribution in [2.75, 3.05) is 11.9 Å². The second kappa shape index (κ2) is 5.16. The normalized spacial score (nSPS) is 12.2. The van der Waals surface area contributed by atoms with Crippen LogP contribution in [0.2, 0.25) is 10.0 Å². The average molecular weight is 250 g/mol. The summed E-state index contributed by atoms with van der Waals surface area (Å²) in [6.07, 6.45) is 0.116. The molecule has 0 aliphatic heterocycles. The zero-order chi connectivity index (χ0) is 11.4. The SMILES string of the molecule is NC(=O)C(O)CNc1ncc(Cl)cc1Cl. The Morgan fingerprint density at radius 1 is 1.67 bits per heavy atom. The van der Waals surface area contributed by atoms with E-state index >= 15 is 0 Å². The molecule has 1 aromatic rings. The number of pyridine rings is 1. The van der Waals surface area contributed by atoms with Crippen LogP contribution >= 0.6 is 23.2 Å². The third-order valence-electron chi connectivity index (χ3n) is 1.60. The Morgan fingerprint density at radius 2 is 2.33 bits per heavy atom. The fourth-order valence-electron chi connectivity index (χ4n) is 0.839. The molecule has 0 fully saturated rings. The molecule has 1 aromatic heterocycles. The molecule has 4 N–H and O–H groups in total. The second-order valence-electron chi connectivity index (χ2n) is 2.78. The van der Waals surface area contributed by atoms with Gasteiger partial charge in [-0.3, -0.25) is 4.79 Å². The van der Waals surface area contributed by atoms with Crippen molar-refractivity contribution < 1.29 is 9.90 Å². The number of anilines is 1. The van der Waals surface area contributed by atoms with Crippen molar-refractivity contribution in [1.82, 2.24) is 4.98 Å². The number of carbonyl (C=O) groups excluding carboxylic acids is 1. The van der Waals surface area contributed by atoms with Gasteiger partial charge in [0.1, 0.15) is 11.9 Å². The summed E-state index contributed by atoms with van der Waals surface area (Å²) in [7, 11) is 0. The number of primary amides is 1. The Labute approximate surface area is 96.2 Å². The van der Waals surface area contributed by atoms with E-state index in [-0.39, 0.29) is 6.54 Å². The molecule has 1 heterocycles. The molecule has 1 unspecified atom stereocenters. The number of aromatic nitrogens is 1. The summed E-state index contributed by atoms with van der Waals surface area (Å²) in [5.41, 5.74) is 4.86. The van der Waals surface area contributed by atoms with Gasteiger partial charge in [0.2, 0.25) is 5.91 Å². The number of nitrogens with zero attached hydrogens (tertiary/aromatic N) is 1. The molecule has 0 aliphatic rings. The lowest BCUT2D eigenvalue weighted by Crippen LogP contribution is -2.34. The van der Waals surface area contributed by atoms with E-state index in [1.54, 1.807) is 0 Å². The fraction of sp³-hybridized carbons (Fsp3) is 0.250. The maximum absolute atomic E-state index is 10.5. The Morgan fingerprint density at radius 3 is 2.87 bits per heavy atom. The number of carbonyl (C=O) groups is 1. The maximum atomic E-state index is 10.5. The monoisotopic (exact) mass is 249 g/mol. The molecule has 0 aliphatic carbocycles. The van der Waals surface area contributed by atoms with Gasteiger partial charge < -0.3 is 16.2 Å². The van der Waals surface area contributed by atoms with Crippen LogP contribution < -0.4 is 11.1 Å². The van der Waals surface area contributed by atoms with Gasteiger partial charge in [-0.2, -0.15) is 0 Å². The van der Waals surface area contributed by atoms with Gasteiger partial charge in [0.15, 0.2) is 0 Å².